The van der Waals surface area contributed by atoms with E-state index in [1.165, 1.54) is 6.92 Å². The Kier molecular flexibility index (Phi) is 1.38. The summed E-state index contributed by atoms with van der Waals surface area (Å²) in [5.41, 5.74) is 0.671. The van der Waals surface area contributed by atoms with Crippen molar-refractivity contribution in [1.29, 1.82) is 0 Å². The van der Waals surface area contributed by atoms with Crippen LogP contribution in [0.1, 0.15) is 6.92 Å². The Morgan fingerprint density at radius 2 is 2.33 bits per heavy atom. The molecule has 0 bridgehead atoms. The first-order chi connectivity index (χ1) is 4.24. The molecule has 1 saturated heterocycles. The van der Waals surface area contributed by atoms with E-state index in [1.54, 1.807) is 4.90 Å². The van der Waals surface area contributed by atoms with Crippen LogP contribution in [-0.2, 0) is 4.79 Å². The molecule has 1 fully saturated rings. The third-order valence-electron chi connectivity index (χ3n) is 1.33. The molecule has 1 heterocycles. The van der Waals surface area contributed by atoms with E-state index in [0.29, 0.717) is 18.8 Å². The third kappa shape index (κ3) is 1.01. The van der Waals surface area contributed by atoms with E-state index in [2.05, 4.69) is 5.16 Å². The molecule has 9 heavy (non-hydrogen) atoms. The van der Waals surface area contributed by atoms with Crippen molar-refractivity contribution < 1.29 is 10.0 Å². The second-order valence-corrected chi connectivity index (χ2v) is 2.04. The van der Waals surface area contributed by atoms with Crippen molar-refractivity contribution in [3.63, 3.8) is 0 Å². The molecule has 1 rings (SSSR count). The minimum atomic E-state index is 0.0300. The summed E-state index contributed by atoms with van der Waals surface area (Å²) in [5.74, 6) is 0.0300. The van der Waals surface area contributed by atoms with Crippen molar-refractivity contribution in [2.24, 2.45) is 5.16 Å². The van der Waals surface area contributed by atoms with Gasteiger partial charge in [0, 0.05) is 6.92 Å². The Bertz CT molecular complexity index is 156. The lowest BCUT2D eigenvalue weighted by Gasteiger charge is -2.30. The molecule has 0 aliphatic carbocycles. The van der Waals surface area contributed by atoms with Crippen molar-refractivity contribution in [3.05, 3.63) is 0 Å². The number of rotatable bonds is 0. The topological polar surface area (TPSA) is 52.9 Å². The summed E-state index contributed by atoms with van der Waals surface area (Å²) in [6.07, 6.45) is 0. The van der Waals surface area contributed by atoms with Gasteiger partial charge >= 0.3 is 0 Å². The highest BCUT2D eigenvalue weighted by Gasteiger charge is 2.23. The van der Waals surface area contributed by atoms with Gasteiger partial charge in [-0.15, -0.1) is 0 Å². The van der Waals surface area contributed by atoms with E-state index in [4.69, 9.17) is 5.21 Å². The van der Waals surface area contributed by atoms with Gasteiger partial charge < -0.3 is 10.1 Å². The van der Waals surface area contributed by atoms with Crippen molar-refractivity contribution in [3.8, 4) is 0 Å². The molecule has 0 saturated carbocycles. The molecular weight excluding hydrogens is 120 g/mol. The molecule has 1 aliphatic rings. The average Bonchev–Trinajstić information content (AvgIpc) is 1.61. The molecule has 50 valence electrons. The average molecular weight is 128 g/mol. The maximum atomic E-state index is 10.5. The van der Waals surface area contributed by atoms with Gasteiger partial charge in [-0.25, -0.2) is 0 Å². The second kappa shape index (κ2) is 2.05. The van der Waals surface area contributed by atoms with Crippen molar-refractivity contribution in [1.82, 2.24) is 4.90 Å². The zero-order valence-corrected chi connectivity index (χ0v) is 5.16. The summed E-state index contributed by atoms with van der Waals surface area (Å²) in [4.78, 5) is 12.1. The molecule has 1 amide bonds. The predicted molar refractivity (Wildman–Crippen MR) is 31.5 cm³/mol. The zero-order chi connectivity index (χ0) is 6.85. The van der Waals surface area contributed by atoms with Gasteiger partial charge in [-0.1, -0.05) is 5.16 Å². The fraction of sp³-hybridized carbons (Fsp3) is 0.600. The van der Waals surface area contributed by atoms with Crippen molar-refractivity contribution in [2.75, 3.05) is 13.1 Å². The number of likely N-dealkylation sites (tertiary alicyclic amines) is 1. The first-order valence-corrected chi connectivity index (χ1v) is 2.69. The number of oxime groups is 1. The van der Waals surface area contributed by atoms with Crippen LogP contribution in [0.15, 0.2) is 5.16 Å². The minimum absolute atomic E-state index is 0.0300. The fourth-order valence-electron chi connectivity index (χ4n) is 0.680. The van der Waals surface area contributed by atoms with Crippen LogP contribution >= 0.6 is 0 Å². The van der Waals surface area contributed by atoms with E-state index in [1.807, 2.05) is 0 Å². The Labute approximate surface area is 52.8 Å². The Balaban J connectivity index is 2.35. The Morgan fingerprint density at radius 1 is 1.78 bits per heavy atom. The van der Waals surface area contributed by atoms with Gasteiger partial charge in [-0.3, -0.25) is 4.79 Å². The third-order valence-corrected chi connectivity index (χ3v) is 1.33. The standard InChI is InChI=1S/C5H8N2O2/c1-4(8)7-2-5(3-7)6-9/h9H,2-3H2,1H3. The van der Waals surface area contributed by atoms with Gasteiger partial charge in [-0.05, 0) is 0 Å². The van der Waals surface area contributed by atoms with Gasteiger partial charge in [0.15, 0.2) is 0 Å². The van der Waals surface area contributed by atoms with Gasteiger partial charge in [0.1, 0.15) is 0 Å². The summed E-state index contributed by atoms with van der Waals surface area (Å²) < 4.78 is 0. The number of hydrogen-bond acceptors (Lipinski definition) is 3. The molecule has 4 heteroatoms. The maximum absolute atomic E-state index is 10.5. The Hall–Kier alpha value is -1.06. The van der Waals surface area contributed by atoms with Gasteiger partial charge in [0.2, 0.25) is 5.91 Å². The molecule has 1 N–H and O–H groups in total. The quantitative estimate of drug-likeness (QED) is 0.359. The van der Waals surface area contributed by atoms with Crippen LogP contribution in [0.2, 0.25) is 0 Å². The predicted octanol–water partition coefficient (Wildman–Crippen LogP) is -0.321. The summed E-state index contributed by atoms with van der Waals surface area (Å²) >= 11 is 0. The first-order valence-electron chi connectivity index (χ1n) is 2.69. The highest BCUT2D eigenvalue weighted by atomic mass is 16.4. The van der Waals surface area contributed by atoms with Crippen LogP contribution in [0.3, 0.4) is 0 Å². The Morgan fingerprint density at radius 3 is 2.67 bits per heavy atom. The van der Waals surface area contributed by atoms with Crippen molar-refractivity contribution in [2.45, 2.75) is 6.92 Å². The molecule has 0 spiro atoms. The highest BCUT2D eigenvalue weighted by Crippen LogP contribution is 2.02. The number of nitrogens with zero attached hydrogens (tertiary/aromatic N) is 2. The van der Waals surface area contributed by atoms with Crippen LogP contribution in [0.25, 0.3) is 0 Å². The molecule has 0 unspecified atom stereocenters. The zero-order valence-electron chi connectivity index (χ0n) is 5.16. The molecule has 0 aromatic carbocycles. The maximum Gasteiger partial charge on any atom is 0.220 e. The molecule has 0 aromatic rings. The monoisotopic (exact) mass is 128 g/mol. The van der Waals surface area contributed by atoms with Crippen LogP contribution in [-0.4, -0.2) is 34.8 Å². The summed E-state index contributed by atoms with van der Waals surface area (Å²) in [6.45, 7) is 2.48. The normalized spacial score (nSPS) is 17.0. The lowest BCUT2D eigenvalue weighted by Crippen LogP contribution is -2.49. The smallest absolute Gasteiger partial charge is 0.220 e. The van der Waals surface area contributed by atoms with E-state index in [9.17, 15) is 4.79 Å². The molecule has 0 radical (unpaired) electrons. The summed E-state index contributed by atoms with van der Waals surface area (Å²) in [5, 5.41) is 11.1. The number of carbonyl (C=O) groups is 1. The van der Waals surface area contributed by atoms with Crippen LogP contribution in [0.4, 0.5) is 0 Å². The van der Waals surface area contributed by atoms with E-state index < -0.39 is 0 Å². The molecule has 1 aliphatic heterocycles. The van der Waals surface area contributed by atoms with E-state index in [0.717, 1.165) is 0 Å². The molecular formula is C5H8N2O2. The van der Waals surface area contributed by atoms with E-state index >= 15 is 0 Å². The first kappa shape index (κ1) is 6.07. The summed E-state index contributed by atoms with van der Waals surface area (Å²) in [7, 11) is 0. The number of hydrogen-bond donors (Lipinski definition) is 1. The van der Waals surface area contributed by atoms with E-state index in [-0.39, 0.29) is 5.91 Å². The lowest BCUT2D eigenvalue weighted by atomic mass is 10.2. The summed E-state index contributed by atoms with van der Waals surface area (Å²) in [6, 6.07) is 0. The van der Waals surface area contributed by atoms with Gasteiger partial charge in [-0.2, -0.15) is 0 Å². The fourth-order valence-corrected chi connectivity index (χ4v) is 0.680. The SMILES string of the molecule is CC(=O)N1CC(=NO)C1. The largest absolute Gasteiger partial charge is 0.411 e. The highest BCUT2D eigenvalue weighted by molar-refractivity contribution is 5.98. The number of carbonyl (C=O) groups excluding carboxylic acids is 1. The van der Waals surface area contributed by atoms with Gasteiger partial charge in [0.25, 0.3) is 0 Å². The molecule has 4 nitrogen and oxygen atoms in total. The van der Waals surface area contributed by atoms with Crippen LogP contribution in [0.5, 0.6) is 0 Å². The molecule has 0 aromatic heterocycles. The van der Waals surface area contributed by atoms with Gasteiger partial charge in [0.05, 0.1) is 18.8 Å². The lowest BCUT2D eigenvalue weighted by molar-refractivity contribution is -0.128. The number of amides is 1. The molecule has 0 atom stereocenters. The van der Waals surface area contributed by atoms with Crippen LogP contribution in [0, 0.1) is 0 Å². The minimum Gasteiger partial charge on any atom is -0.411 e. The van der Waals surface area contributed by atoms with Crippen LogP contribution < -0.4 is 0 Å². The van der Waals surface area contributed by atoms with Crippen molar-refractivity contribution >= 4 is 11.6 Å². The second-order valence-electron chi connectivity index (χ2n) is 2.04.